The van der Waals surface area contributed by atoms with Crippen molar-refractivity contribution in [1.29, 1.82) is 0 Å². The lowest BCUT2D eigenvalue weighted by Gasteiger charge is -2.10. The maximum Gasteiger partial charge on any atom is 0.326 e. The summed E-state index contributed by atoms with van der Waals surface area (Å²) in [6.45, 7) is 2.18. The zero-order chi connectivity index (χ0) is 10.9. The standard InChI is InChI=1S/C12H15NO2/c1-2-15-11(14)12(13)8-10(12)9-6-4-3-5-7-9/h3-7,10H,2,8,13H2,1H3/t10-,12+/m1/s1. The molecule has 1 aliphatic carbocycles. The highest BCUT2D eigenvalue weighted by Crippen LogP contribution is 2.50. The normalized spacial score (nSPS) is 28.5. The average molecular weight is 205 g/mol. The summed E-state index contributed by atoms with van der Waals surface area (Å²) >= 11 is 0. The van der Waals surface area contributed by atoms with Crippen LogP contribution in [0.1, 0.15) is 24.8 Å². The molecule has 0 heterocycles. The summed E-state index contributed by atoms with van der Waals surface area (Å²) in [4.78, 5) is 11.6. The van der Waals surface area contributed by atoms with E-state index in [2.05, 4.69) is 0 Å². The topological polar surface area (TPSA) is 52.3 Å². The van der Waals surface area contributed by atoms with Crippen LogP contribution in [-0.2, 0) is 9.53 Å². The van der Waals surface area contributed by atoms with Gasteiger partial charge in [-0.1, -0.05) is 30.3 Å². The van der Waals surface area contributed by atoms with Crippen molar-refractivity contribution in [3.8, 4) is 0 Å². The van der Waals surface area contributed by atoms with Crippen LogP contribution in [0.15, 0.2) is 30.3 Å². The molecular weight excluding hydrogens is 190 g/mol. The molecule has 80 valence electrons. The zero-order valence-corrected chi connectivity index (χ0v) is 8.77. The van der Waals surface area contributed by atoms with Gasteiger partial charge in [-0.05, 0) is 18.9 Å². The van der Waals surface area contributed by atoms with E-state index in [1.54, 1.807) is 6.92 Å². The van der Waals surface area contributed by atoms with Crippen molar-refractivity contribution < 1.29 is 9.53 Å². The van der Waals surface area contributed by atoms with Crippen LogP contribution in [0.5, 0.6) is 0 Å². The van der Waals surface area contributed by atoms with Crippen molar-refractivity contribution in [3.63, 3.8) is 0 Å². The quantitative estimate of drug-likeness (QED) is 0.759. The van der Waals surface area contributed by atoms with Gasteiger partial charge in [-0.3, -0.25) is 4.79 Å². The Labute approximate surface area is 89.2 Å². The van der Waals surface area contributed by atoms with Crippen molar-refractivity contribution in [1.82, 2.24) is 0 Å². The molecule has 2 atom stereocenters. The Morgan fingerprint density at radius 1 is 1.53 bits per heavy atom. The summed E-state index contributed by atoms with van der Waals surface area (Å²) < 4.78 is 4.96. The van der Waals surface area contributed by atoms with Crippen LogP contribution in [0.25, 0.3) is 0 Å². The zero-order valence-electron chi connectivity index (χ0n) is 8.77. The Balaban J connectivity index is 2.09. The Morgan fingerprint density at radius 3 is 2.80 bits per heavy atom. The monoisotopic (exact) mass is 205 g/mol. The van der Waals surface area contributed by atoms with Crippen molar-refractivity contribution >= 4 is 5.97 Å². The fourth-order valence-electron chi connectivity index (χ4n) is 1.87. The first kappa shape index (κ1) is 10.2. The van der Waals surface area contributed by atoms with Crippen molar-refractivity contribution in [2.75, 3.05) is 6.61 Å². The van der Waals surface area contributed by atoms with E-state index in [0.717, 1.165) is 5.56 Å². The molecule has 0 radical (unpaired) electrons. The number of rotatable bonds is 3. The predicted octanol–water partition coefficient (Wildman–Crippen LogP) is 1.43. The molecule has 1 aromatic carbocycles. The molecule has 0 spiro atoms. The number of nitrogens with two attached hydrogens (primary N) is 1. The average Bonchev–Trinajstić information content (AvgIpc) is 2.94. The first-order chi connectivity index (χ1) is 7.18. The number of esters is 1. The third-order valence-electron chi connectivity index (χ3n) is 2.86. The van der Waals surface area contributed by atoms with Gasteiger partial charge in [0.1, 0.15) is 5.54 Å². The number of benzene rings is 1. The lowest BCUT2D eigenvalue weighted by molar-refractivity contribution is -0.145. The Hall–Kier alpha value is -1.35. The largest absolute Gasteiger partial charge is 0.465 e. The van der Waals surface area contributed by atoms with Crippen LogP contribution in [-0.4, -0.2) is 18.1 Å². The molecule has 0 aliphatic heterocycles. The van der Waals surface area contributed by atoms with Crippen LogP contribution in [0, 0.1) is 0 Å². The molecule has 1 fully saturated rings. The third-order valence-corrected chi connectivity index (χ3v) is 2.86. The molecule has 3 nitrogen and oxygen atoms in total. The van der Waals surface area contributed by atoms with Crippen molar-refractivity contribution in [2.24, 2.45) is 5.73 Å². The minimum atomic E-state index is -0.780. The minimum absolute atomic E-state index is 0.123. The smallest absolute Gasteiger partial charge is 0.326 e. The van der Waals surface area contributed by atoms with Gasteiger partial charge in [0.05, 0.1) is 6.61 Å². The fraction of sp³-hybridized carbons (Fsp3) is 0.417. The van der Waals surface area contributed by atoms with Gasteiger partial charge in [-0.2, -0.15) is 0 Å². The molecule has 3 heteroatoms. The molecule has 1 saturated carbocycles. The van der Waals surface area contributed by atoms with Crippen LogP contribution in [0.2, 0.25) is 0 Å². The van der Waals surface area contributed by atoms with Gasteiger partial charge in [-0.25, -0.2) is 0 Å². The number of carbonyl (C=O) groups excluding carboxylic acids is 1. The SMILES string of the molecule is CCOC(=O)[C@]1(N)C[C@@H]1c1ccccc1. The van der Waals surface area contributed by atoms with Gasteiger partial charge in [0.15, 0.2) is 0 Å². The number of hydrogen-bond donors (Lipinski definition) is 1. The van der Waals surface area contributed by atoms with E-state index >= 15 is 0 Å². The summed E-state index contributed by atoms with van der Waals surface area (Å²) in [6, 6.07) is 9.86. The van der Waals surface area contributed by atoms with E-state index in [4.69, 9.17) is 10.5 Å². The lowest BCUT2D eigenvalue weighted by Crippen LogP contribution is -2.36. The van der Waals surface area contributed by atoms with Gasteiger partial charge >= 0.3 is 5.97 Å². The van der Waals surface area contributed by atoms with E-state index in [-0.39, 0.29) is 11.9 Å². The summed E-state index contributed by atoms with van der Waals surface area (Å²) in [7, 11) is 0. The molecule has 0 bridgehead atoms. The maximum atomic E-state index is 11.6. The number of hydrogen-bond acceptors (Lipinski definition) is 3. The van der Waals surface area contributed by atoms with Crippen LogP contribution in [0.3, 0.4) is 0 Å². The third kappa shape index (κ3) is 1.75. The van der Waals surface area contributed by atoms with E-state index in [1.807, 2.05) is 30.3 Å². The minimum Gasteiger partial charge on any atom is -0.465 e. The van der Waals surface area contributed by atoms with E-state index in [0.29, 0.717) is 13.0 Å². The Kier molecular flexibility index (Phi) is 2.49. The van der Waals surface area contributed by atoms with Gasteiger partial charge in [0.2, 0.25) is 0 Å². The molecule has 1 aromatic rings. The molecule has 0 saturated heterocycles. The van der Waals surface area contributed by atoms with Gasteiger partial charge in [0.25, 0.3) is 0 Å². The second-order valence-corrected chi connectivity index (χ2v) is 3.93. The summed E-state index contributed by atoms with van der Waals surface area (Å²) in [6.07, 6.45) is 0.690. The molecule has 2 rings (SSSR count). The first-order valence-electron chi connectivity index (χ1n) is 5.19. The predicted molar refractivity (Wildman–Crippen MR) is 57.4 cm³/mol. The summed E-state index contributed by atoms with van der Waals surface area (Å²) in [5, 5.41) is 0. The van der Waals surface area contributed by atoms with E-state index < -0.39 is 5.54 Å². The lowest BCUT2D eigenvalue weighted by atomic mass is 10.1. The molecule has 0 amide bonds. The molecule has 15 heavy (non-hydrogen) atoms. The summed E-state index contributed by atoms with van der Waals surface area (Å²) in [5.41, 5.74) is 6.32. The Morgan fingerprint density at radius 2 is 2.20 bits per heavy atom. The van der Waals surface area contributed by atoms with Crippen LogP contribution >= 0.6 is 0 Å². The maximum absolute atomic E-state index is 11.6. The molecule has 0 aromatic heterocycles. The number of carbonyl (C=O) groups is 1. The van der Waals surface area contributed by atoms with Gasteiger partial charge in [0, 0.05) is 5.92 Å². The fourth-order valence-corrected chi connectivity index (χ4v) is 1.87. The highest BCUT2D eigenvalue weighted by atomic mass is 16.5. The molecule has 2 N–H and O–H groups in total. The molecule has 0 unspecified atom stereocenters. The molecular formula is C12H15NO2. The number of ether oxygens (including phenoxy) is 1. The van der Waals surface area contributed by atoms with Gasteiger partial charge in [-0.15, -0.1) is 0 Å². The van der Waals surface area contributed by atoms with Crippen LogP contribution in [0.4, 0.5) is 0 Å². The van der Waals surface area contributed by atoms with Crippen LogP contribution < -0.4 is 5.73 Å². The highest BCUT2D eigenvalue weighted by Gasteiger charge is 2.58. The second-order valence-electron chi connectivity index (χ2n) is 3.93. The summed E-state index contributed by atoms with van der Waals surface area (Å²) in [5.74, 6) is -0.156. The van der Waals surface area contributed by atoms with Gasteiger partial charge < -0.3 is 10.5 Å². The van der Waals surface area contributed by atoms with E-state index in [1.165, 1.54) is 0 Å². The first-order valence-corrected chi connectivity index (χ1v) is 5.19. The second kappa shape index (κ2) is 3.66. The highest BCUT2D eigenvalue weighted by molar-refractivity contribution is 5.86. The Bertz CT molecular complexity index is 363. The molecule has 1 aliphatic rings. The van der Waals surface area contributed by atoms with Crippen molar-refractivity contribution in [3.05, 3.63) is 35.9 Å². The van der Waals surface area contributed by atoms with E-state index in [9.17, 15) is 4.79 Å². The van der Waals surface area contributed by atoms with Crippen molar-refractivity contribution in [2.45, 2.75) is 24.8 Å².